The number of hydrogen-bond acceptors (Lipinski definition) is 3. The van der Waals surface area contributed by atoms with Crippen LogP contribution in [0.4, 0.5) is 0 Å². The van der Waals surface area contributed by atoms with Gasteiger partial charge in [-0.1, -0.05) is 30.2 Å². The Morgan fingerprint density at radius 1 is 1.53 bits per heavy atom. The van der Waals surface area contributed by atoms with Gasteiger partial charge >= 0.3 is 5.97 Å². The van der Waals surface area contributed by atoms with Crippen molar-refractivity contribution in [2.45, 2.75) is 18.4 Å². The molecule has 88 valence electrons. The molecule has 0 aliphatic heterocycles. The number of hydrogen-bond donors (Lipinski definition) is 1. The highest BCUT2D eigenvalue weighted by molar-refractivity contribution is 5.80. The summed E-state index contributed by atoms with van der Waals surface area (Å²) in [5.41, 5.74) is 2.20. The quantitative estimate of drug-likeness (QED) is 0.632. The standard InChI is InChI=1S/C14H15NO2/c1-3-8-15-13-9-12(14(16)17-2)10-6-4-5-7-11(10)13/h1,4-7,12-13,15H,8-9H2,2H3. The number of methoxy groups -OCH3 is 1. The van der Waals surface area contributed by atoms with Gasteiger partial charge in [-0.25, -0.2) is 0 Å². The second kappa shape index (κ2) is 5.03. The SMILES string of the molecule is C#CCNC1CC(C(=O)OC)c2ccccc21. The third-order valence-electron chi connectivity index (χ3n) is 3.15. The van der Waals surface area contributed by atoms with Gasteiger partial charge in [-0.15, -0.1) is 6.42 Å². The molecule has 2 rings (SSSR count). The summed E-state index contributed by atoms with van der Waals surface area (Å²) in [6.07, 6.45) is 5.96. The van der Waals surface area contributed by atoms with Crippen molar-refractivity contribution in [2.75, 3.05) is 13.7 Å². The molecule has 0 saturated heterocycles. The predicted molar refractivity (Wildman–Crippen MR) is 65.4 cm³/mol. The zero-order valence-electron chi connectivity index (χ0n) is 9.77. The second-order valence-electron chi connectivity index (χ2n) is 4.08. The summed E-state index contributed by atoms with van der Waals surface area (Å²) in [7, 11) is 1.42. The van der Waals surface area contributed by atoms with Crippen LogP contribution in [-0.2, 0) is 9.53 Å². The van der Waals surface area contributed by atoms with Gasteiger partial charge in [0.25, 0.3) is 0 Å². The van der Waals surface area contributed by atoms with E-state index >= 15 is 0 Å². The van der Waals surface area contributed by atoms with E-state index in [1.807, 2.05) is 24.3 Å². The molecule has 3 nitrogen and oxygen atoms in total. The Morgan fingerprint density at radius 2 is 2.24 bits per heavy atom. The first-order valence-electron chi connectivity index (χ1n) is 5.61. The number of terminal acetylenes is 1. The van der Waals surface area contributed by atoms with Crippen LogP contribution in [0.1, 0.15) is 29.5 Å². The van der Waals surface area contributed by atoms with E-state index < -0.39 is 0 Å². The van der Waals surface area contributed by atoms with Gasteiger partial charge in [0.1, 0.15) is 0 Å². The average molecular weight is 229 g/mol. The molecular weight excluding hydrogens is 214 g/mol. The molecule has 1 aromatic rings. The highest BCUT2D eigenvalue weighted by atomic mass is 16.5. The Labute approximate surface area is 101 Å². The van der Waals surface area contributed by atoms with E-state index in [2.05, 4.69) is 11.2 Å². The molecule has 0 bridgehead atoms. The monoisotopic (exact) mass is 229 g/mol. The molecule has 17 heavy (non-hydrogen) atoms. The maximum absolute atomic E-state index is 11.7. The molecule has 1 aliphatic rings. The Hall–Kier alpha value is -1.79. The van der Waals surface area contributed by atoms with Crippen molar-refractivity contribution in [1.29, 1.82) is 0 Å². The Balaban J connectivity index is 2.27. The zero-order valence-corrected chi connectivity index (χ0v) is 9.77. The molecule has 2 unspecified atom stereocenters. The third-order valence-corrected chi connectivity index (χ3v) is 3.15. The molecule has 1 aromatic carbocycles. The summed E-state index contributed by atoms with van der Waals surface area (Å²) in [5.74, 6) is 2.20. The lowest BCUT2D eigenvalue weighted by Crippen LogP contribution is -2.20. The fourth-order valence-electron chi connectivity index (χ4n) is 2.38. The van der Waals surface area contributed by atoms with E-state index in [9.17, 15) is 4.79 Å². The largest absolute Gasteiger partial charge is 0.469 e. The van der Waals surface area contributed by atoms with Crippen molar-refractivity contribution >= 4 is 5.97 Å². The van der Waals surface area contributed by atoms with Crippen LogP contribution >= 0.6 is 0 Å². The van der Waals surface area contributed by atoms with Gasteiger partial charge in [-0.2, -0.15) is 0 Å². The normalized spacial score (nSPS) is 21.6. The fourth-order valence-corrected chi connectivity index (χ4v) is 2.38. The molecular formula is C14H15NO2. The van der Waals surface area contributed by atoms with Crippen LogP contribution in [0, 0.1) is 12.3 Å². The lowest BCUT2D eigenvalue weighted by atomic mass is 10.0. The van der Waals surface area contributed by atoms with Crippen molar-refractivity contribution in [3.05, 3.63) is 35.4 Å². The number of carbonyl (C=O) groups is 1. The van der Waals surface area contributed by atoms with Gasteiger partial charge in [0, 0.05) is 6.04 Å². The van der Waals surface area contributed by atoms with Crippen molar-refractivity contribution in [1.82, 2.24) is 5.32 Å². The van der Waals surface area contributed by atoms with E-state index in [-0.39, 0.29) is 17.9 Å². The number of nitrogens with one attached hydrogen (secondary N) is 1. The van der Waals surface area contributed by atoms with Gasteiger partial charge in [0.05, 0.1) is 19.6 Å². The maximum Gasteiger partial charge on any atom is 0.313 e. The molecule has 2 atom stereocenters. The Morgan fingerprint density at radius 3 is 2.88 bits per heavy atom. The molecule has 0 aromatic heterocycles. The molecule has 1 N–H and O–H groups in total. The van der Waals surface area contributed by atoms with E-state index in [0.29, 0.717) is 13.0 Å². The molecule has 0 saturated carbocycles. The summed E-state index contributed by atoms with van der Waals surface area (Å²) in [4.78, 5) is 11.7. The van der Waals surface area contributed by atoms with Gasteiger partial charge in [0.2, 0.25) is 0 Å². The van der Waals surface area contributed by atoms with Crippen molar-refractivity contribution < 1.29 is 9.53 Å². The maximum atomic E-state index is 11.7. The van der Waals surface area contributed by atoms with Crippen molar-refractivity contribution in [3.63, 3.8) is 0 Å². The molecule has 3 heteroatoms. The van der Waals surface area contributed by atoms with Crippen LogP contribution in [0.2, 0.25) is 0 Å². The van der Waals surface area contributed by atoms with E-state index in [1.165, 1.54) is 7.11 Å². The smallest absolute Gasteiger partial charge is 0.313 e. The van der Waals surface area contributed by atoms with Crippen LogP contribution in [0.15, 0.2) is 24.3 Å². The zero-order chi connectivity index (χ0) is 12.3. The van der Waals surface area contributed by atoms with Crippen LogP contribution in [0.5, 0.6) is 0 Å². The summed E-state index contributed by atoms with van der Waals surface area (Å²) in [6, 6.07) is 8.08. The summed E-state index contributed by atoms with van der Waals surface area (Å²) in [5, 5.41) is 3.25. The molecule has 0 amide bonds. The Kier molecular flexibility index (Phi) is 3.46. The average Bonchev–Trinajstić information content (AvgIpc) is 2.74. The summed E-state index contributed by atoms with van der Waals surface area (Å²) >= 11 is 0. The second-order valence-corrected chi connectivity index (χ2v) is 4.08. The number of esters is 1. The molecule has 0 heterocycles. The molecule has 1 aliphatic carbocycles. The summed E-state index contributed by atoms with van der Waals surface area (Å²) < 4.78 is 4.84. The number of benzene rings is 1. The molecule has 0 radical (unpaired) electrons. The van der Waals surface area contributed by atoms with Gasteiger partial charge in [-0.3, -0.25) is 10.1 Å². The number of ether oxygens (including phenoxy) is 1. The van der Waals surface area contributed by atoms with Crippen molar-refractivity contribution in [3.8, 4) is 12.3 Å². The fraction of sp³-hybridized carbons (Fsp3) is 0.357. The minimum absolute atomic E-state index is 0.145. The minimum atomic E-state index is -0.178. The number of fused-ring (bicyclic) bond motifs is 1. The van der Waals surface area contributed by atoms with E-state index in [1.54, 1.807) is 0 Å². The van der Waals surface area contributed by atoms with Crippen LogP contribution in [0.25, 0.3) is 0 Å². The number of rotatable bonds is 3. The highest BCUT2D eigenvalue weighted by Gasteiger charge is 2.35. The van der Waals surface area contributed by atoms with Gasteiger partial charge < -0.3 is 4.74 Å². The minimum Gasteiger partial charge on any atom is -0.469 e. The summed E-state index contributed by atoms with van der Waals surface area (Å²) in [6.45, 7) is 0.507. The van der Waals surface area contributed by atoms with Crippen LogP contribution in [0.3, 0.4) is 0 Å². The highest BCUT2D eigenvalue weighted by Crippen LogP contribution is 2.40. The first-order valence-corrected chi connectivity index (χ1v) is 5.61. The number of carbonyl (C=O) groups excluding carboxylic acids is 1. The van der Waals surface area contributed by atoms with Gasteiger partial charge in [0.15, 0.2) is 0 Å². The van der Waals surface area contributed by atoms with Crippen LogP contribution in [-0.4, -0.2) is 19.6 Å². The lowest BCUT2D eigenvalue weighted by molar-refractivity contribution is -0.142. The van der Waals surface area contributed by atoms with Gasteiger partial charge in [-0.05, 0) is 17.5 Å². The molecule has 0 spiro atoms. The topological polar surface area (TPSA) is 38.3 Å². The van der Waals surface area contributed by atoms with E-state index in [0.717, 1.165) is 11.1 Å². The molecule has 0 fully saturated rings. The third kappa shape index (κ3) is 2.17. The lowest BCUT2D eigenvalue weighted by Gasteiger charge is -2.11. The first-order chi connectivity index (χ1) is 8.27. The van der Waals surface area contributed by atoms with E-state index in [4.69, 9.17) is 11.2 Å². The van der Waals surface area contributed by atoms with Crippen LogP contribution < -0.4 is 5.32 Å². The first kappa shape index (κ1) is 11.7. The predicted octanol–water partition coefficient (Wildman–Crippen LogP) is 1.61. The Bertz CT molecular complexity index is 462. The van der Waals surface area contributed by atoms with Crippen molar-refractivity contribution in [2.24, 2.45) is 0 Å².